The molecule has 1 heterocycles. The van der Waals surface area contributed by atoms with Gasteiger partial charge >= 0.3 is 5.97 Å². The highest BCUT2D eigenvalue weighted by Gasteiger charge is 2.32. The lowest BCUT2D eigenvalue weighted by Crippen LogP contribution is -2.36. The van der Waals surface area contributed by atoms with E-state index in [1.165, 1.54) is 11.1 Å². The van der Waals surface area contributed by atoms with Crippen LogP contribution in [0.25, 0.3) is 6.08 Å². The van der Waals surface area contributed by atoms with E-state index in [1.807, 2.05) is 78.9 Å². The molecule has 2 aliphatic rings. The predicted octanol–water partition coefficient (Wildman–Crippen LogP) is 5.90. The summed E-state index contributed by atoms with van der Waals surface area (Å²) in [5.74, 6) is -0.291. The van der Waals surface area contributed by atoms with Gasteiger partial charge in [-0.25, -0.2) is 9.80 Å². The molecule has 8 heteroatoms. The number of carbonyl (C=O) groups is 3. The molecule has 1 N–H and O–H groups in total. The Kier molecular flexibility index (Phi) is 9.44. The number of hydrazone groups is 1. The van der Waals surface area contributed by atoms with Crippen molar-refractivity contribution in [3.8, 4) is 0 Å². The molecule has 0 bridgehead atoms. The molecule has 5 rings (SSSR count). The fourth-order valence-electron chi connectivity index (χ4n) is 5.47. The van der Waals surface area contributed by atoms with Crippen LogP contribution in [0.5, 0.6) is 0 Å². The number of esters is 1. The Labute approximate surface area is 246 Å². The van der Waals surface area contributed by atoms with Crippen molar-refractivity contribution in [2.24, 2.45) is 11.0 Å². The van der Waals surface area contributed by atoms with Gasteiger partial charge in [0.05, 0.1) is 19.1 Å². The molecule has 0 radical (unpaired) electrons. The van der Waals surface area contributed by atoms with Gasteiger partial charge in [-0.3, -0.25) is 9.59 Å². The first kappa shape index (κ1) is 28.8. The van der Waals surface area contributed by atoms with E-state index in [0.717, 1.165) is 47.9 Å². The van der Waals surface area contributed by atoms with E-state index in [2.05, 4.69) is 10.4 Å². The molecule has 0 spiro atoms. The minimum atomic E-state index is -0.405. The van der Waals surface area contributed by atoms with Gasteiger partial charge in [-0.2, -0.15) is 0 Å². The van der Waals surface area contributed by atoms with Gasteiger partial charge in [0, 0.05) is 17.3 Å². The zero-order valence-corrected chi connectivity index (χ0v) is 23.7. The number of hydrogen-bond acceptors (Lipinski definition) is 6. The molecule has 1 fully saturated rings. The first-order valence-corrected chi connectivity index (χ1v) is 14.4. The molecular weight excluding hydrogens is 530 g/mol. The van der Waals surface area contributed by atoms with E-state index < -0.39 is 5.97 Å². The Bertz CT molecular complexity index is 1460. The van der Waals surface area contributed by atoms with Crippen molar-refractivity contribution >= 4 is 35.4 Å². The summed E-state index contributed by atoms with van der Waals surface area (Å²) in [6, 6.07) is 24.8. The van der Waals surface area contributed by atoms with E-state index in [-0.39, 0.29) is 30.3 Å². The third-order valence-electron chi connectivity index (χ3n) is 7.53. The smallest absolute Gasteiger partial charge is 0.330 e. The van der Waals surface area contributed by atoms with E-state index in [9.17, 15) is 14.4 Å². The fourth-order valence-corrected chi connectivity index (χ4v) is 5.47. The zero-order chi connectivity index (χ0) is 29.3. The molecule has 3 aromatic carbocycles. The van der Waals surface area contributed by atoms with Crippen LogP contribution >= 0.6 is 0 Å². The van der Waals surface area contributed by atoms with Crippen molar-refractivity contribution in [2.45, 2.75) is 45.1 Å². The molecule has 1 aliphatic heterocycles. The number of nitrogens with one attached hydrogen (secondary N) is 1. The summed E-state index contributed by atoms with van der Waals surface area (Å²) in [5.41, 5.74) is 4.14. The first-order chi connectivity index (χ1) is 20.5. The molecule has 0 saturated heterocycles. The van der Waals surface area contributed by atoms with Crippen LogP contribution in [0.2, 0.25) is 0 Å². The Balaban J connectivity index is 1.30. The summed E-state index contributed by atoms with van der Waals surface area (Å²) in [7, 11) is 0. The van der Waals surface area contributed by atoms with Crippen LogP contribution in [0.3, 0.4) is 0 Å². The summed E-state index contributed by atoms with van der Waals surface area (Å²) in [5, 5.41) is 8.99. The van der Waals surface area contributed by atoms with Gasteiger partial charge < -0.3 is 14.8 Å². The molecule has 1 saturated carbocycles. The molecule has 42 heavy (non-hydrogen) atoms. The number of nitrogens with zero attached hydrogens (tertiary/aromatic N) is 2. The third-order valence-corrected chi connectivity index (χ3v) is 7.53. The maximum Gasteiger partial charge on any atom is 0.330 e. The van der Waals surface area contributed by atoms with Crippen molar-refractivity contribution in [1.29, 1.82) is 0 Å². The maximum atomic E-state index is 13.7. The van der Waals surface area contributed by atoms with Crippen LogP contribution in [0, 0.1) is 5.92 Å². The molecule has 0 aromatic heterocycles. The minimum Gasteiger partial charge on any atom is -0.466 e. The van der Waals surface area contributed by atoms with Crippen LogP contribution in [-0.4, -0.2) is 41.9 Å². The third kappa shape index (κ3) is 7.32. The van der Waals surface area contributed by atoms with Crippen LogP contribution in [-0.2, 0) is 30.4 Å². The van der Waals surface area contributed by atoms with E-state index in [4.69, 9.17) is 9.47 Å². The topological polar surface area (TPSA) is 97.3 Å². The normalized spacial score (nSPS) is 16.2. The van der Waals surface area contributed by atoms with Gasteiger partial charge in [0.1, 0.15) is 0 Å². The predicted molar refractivity (Wildman–Crippen MR) is 161 cm³/mol. The van der Waals surface area contributed by atoms with Crippen molar-refractivity contribution in [2.75, 3.05) is 18.5 Å². The summed E-state index contributed by atoms with van der Waals surface area (Å²) in [6.45, 7) is 2.33. The molecule has 3 aromatic rings. The minimum absolute atomic E-state index is 0.0540. The zero-order valence-electron chi connectivity index (χ0n) is 23.7. The molecule has 8 nitrogen and oxygen atoms in total. The number of carbonyl (C=O) groups excluding carboxylic acids is 3. The standard InChI is InChI=1S/C34H35N3O5/c1-2-41-31(39)20-17-24-9-8-14-29(21-24)35-33(40)32(26-10-6-7-11-26)27-18-15-25(16-19-27)22-37-30(38)23-42-34(36-37)28-12-4-3-5-13-28/h3-5,8-9,12-21,26,32H,2,6-7,10-11,22-23H2,1H3,(H,35,40)/b20-17+. The summed E-state index contributed by atoms with van der Waals surface area (Å²) in [4.78, 5) is 37.9. The lowest BCUT2D eigenvalue weighted by molar-refractivity contribution is -0.137. The summed E-state index contributed by atoms with van der Waals surface area (Å²) in [6.07, 6.45) is 7.28. The second kappa shape index (κ2) is 13.8. The average molecular weight is 566 g/mol. The largest absolute Gasteiger partial charge is 0.466 e. The van der Waals surface area contributed by atoms with Crippen molar-refractivity contribution in [3.63, 3.8) is 0 Å². The Hall–Kier alpha value is -4.72. The van der Waals surface area contributed by atoms with E-state index in [1.54, 1.807) is 13.0 Å². The average Bonchev–Trinajstić information content (AvgIpc) is 3.53. The van der Waals surface area contributed by atoms with Crippen LogP contribution < -0.4 is 5.32 Å². The van der Waals surface area contributed by atoms with Gasteiger partial charge in [0.15, 0.2) is 6.61 Å². The van der Waals surface area contributed by atoms with Crippen molar-refractivity contribution in [3.05, 3.63) is 107 Å². The lowest BCUT2D eigenvalue weighted by atomic mass is 9.83. The second-order valence-corrected chi connectivity index (χ2v) is 10.5. The molecule has 1 atom stereocenters. The first-order valence-electron chi connectivity index (χ1n) is 14.4. The molecular formula is C34H35N3O5. The second-order valence-electron chi connectivity index (χ2n) is 10.5. The fraction of sp³-hybridized carbons (Fsp3) is 0.294. The van der Waals surface area contributed by atoms with Gasteiger partial charge in [0.2, 0.25) is 11.8 Å². The van der Waals surface area contributed by atoms with Crippen LogP contribution in [0.1, 0.15) is 60.8 Å². The number of amides is 2. The highest BCUT2D eigenvalue weighted by molar-refractivity contribution is 5.98. The monoisotopic (exact) mass is 565 g/mol. The van der Waals surface area contributed by atoms with E-state index >= 15 is 0 Å². The Morgan fingerprint density at radius 2 is 1.81 bits per heavy atom. The number of rotatable bonds is 10. The highest BCUT2D eigenvalue weighted by atomic mass is 16.5. The SMILES string of the molecule is CCOC(=O)/C=C/c1cccc(NC(=O)C(c2ccc(CN3N=C(c4ccccc4)OCC3=O)cc2)C2CCCC2)c1. The van der Waals surface area contributed by atoms with Crippen LogP contribution in [0.4, 0.5) is 5.69 Å². The van der Waals surface area contributed by atoms with E-state index in [0.29, 0.717) is 24.7 Å². The molecule has 1 aliphatic carbocycles. The van der Waals surface area contributed by atoms with Crippen LogP contribution in [0.15, 0.2) is 90.0 Å². The molecule has 216 valence electrons. The molecule has 2 amide bonds. The maximum absolute atomic E-state index is 13.7. The Morgan fingerprint density at radius 3 is 2.55 bits per heavy atom. The Morgan fingerprint density at radius 1 is 1.05 bits per heavy atom. The van der Waals surface area contributed by atoms with Gasteiger partial charge in [-0.05, 0) is 72.7 Å². The number of anilines is 1. The van der Waals surface area contributed by atoms with Gasteiger partial charge in [0.25, 0.3) is 5.91 Å². The number of hydrogen-bond donors (Lipinski definition) is 1. The number of ether oxygens (including phenoxy) is 2. The van der Waals surface area contributed by atoms with Crippen molar-refractivity contribution < 1.29 is 23.9 Å². The lowest BCUT2D eigenvalue weighted by Gasteiger charge is -2.25. The summed E-state index contributed by atoms with van der Waals surface area (Å²) < 4.78 is 10.5. The van der Waals surface area contributed by atoms with Crippen molar-refractivity contribution in [1.82, 2.24) is 5.01 Å². The quantitative estimate of drug-likeness (QED) is 0.244. The highest BCUT2D eigenvalue weighted by Crippen LogP contribution is 2.38. The summed E-state index contributed by atoms with van der Waals surface area (Å²) >= 11 is 0. The molecule has 1 unspecified atom stereocenters. The van der Waals surface area contributed by atoms with Gasteiger partial charge in [-0.15, -0.1) is 5.10 Å². The number of benzene rings is 3. The van der Waals surface area contributed by atoms with Gasteiger partial charge in [-0.1, -0.05) is 67.4 Å².